The molecule has 0 spiro atoms. The topological polar surface area (TPSA) is 84.0 Å². The van der Waals surface area contributed by atoms with Gasteiger partial charge in [-0.15, -0.1) is 0 Å². The van der Waals surface area contributed by atoms with Crippen molar-refractivity contribution in [3.8, 4) is 0 Å². The van der Waals surface area contributed by atoms with E-state index in [0.29, 0.717) is 38.2 Å². The van der Waals surface area contributed by atoms with Crippen molar-refractivity contribution < 1.29 is 50.3 Å². The number of alkyl halides is 6. The normalized spacial score (nSPS) is 23.8. The maximum atomic E-state index is 13.8. The molecule has 1 aromatic rings. The summed E-state index contributed by atoms with van der Waals surface area (Å²) in [6, 6.07) is -1.34. The molecule has 3 fully saturated rings. The van der Waals surface area contributed by atoms with Crippen LogP contribution < -0.4 is 0 Å². The van der Waals surface area contributed by atoms with E-state index in [4.69, 9.17) is 4.74 Å². The van der Waals surface area contributed by atoms with Crippen LogP contribution in [0.3, 0.4) is 0 Å². The summed E-state index contributed by atoms with van der Waals surface area (Å²) < 4.78 is 87.1. The van der Waals surface area contributed by atoms with Crippen LogP contribution in [-0.4, -0.2) is 52.1 Å². The largest absolute Gasteiger partial charge is 0.465 e. The van der Waals surface area contributed by atoms with Crippen LogP contribution in [0.4, 0.5) is 26.3 Å². The van der Waals surface area contributed by atoms with Gasteiger partial charge in [0.1, 0.15) is 12.6 Å². The number of piperazine rings is 1. The van der Waals surface area contributed by atoms with E-state index >= 15 is 0 Å². The van der Waals surface area contributed by atoms with Crippen molar-refractivity contribution in [2.75, 3.05) is 6.61 Å². The number of nitrogens with zero attached hydrogens (tertiary/aromatic N) is 2. The van der Waals surface area contributed by atoms with Gasteiger partial charge in [-0.05, 0) is 61.4 Å². The van der Waals surface area contributed by atoms with E-state index in [0.717, 1.165) is 15.9 Å². The number of Topliss-reactive ketones (excluding diaryl/α,β-unsaturated/α-hetero) is 1. The summed E-state index contributed by atoms with van der Waals surface area (Å²) in [6.07, 6.45) is -6.25. The first-order valence-electron chi connectivity index (χ1n) is 13.0. The quantitative estimate of drug-likeness (QED) is 0.292. The molecule has 0 N–H and O–H groups in total. The second kappa shape index (κ2) is 9.62. The summed E-state index contributed by atoms with van der Waals surface area (Å²) in [4.78, 5) is 54.6. The molecule has 2 unspecified atom stereocenters. The number of carbonyl (C=O) groups excluding carboxylic acids is 4. The molecule has 0 radical (unpaired) electrons. The molecule has 5 rings (SSSR count). The van der Waals surface area contributed by atoms with E-state index in [9.17, 15) is 45.5 Å². The Balaban J connectivity index is 1.57. The Labute approximate surface area is 225 Å². The molecule has 1 saturated carbocycles. The van der Waals surface area contributed by atoms with Crippen LogP contribution in [0.5, 0.6) is 0 Å². The predicted molar refractivity (Wildman–Crippen MR) is 126 cm³/mol. The average molecular weight is 573 g/mol. The number of hydrogen-bond donors (Lipinski definition) is 0. The molecule has 2 bridgehead atoms. The smallest absolute Gasteiger partial charge is 0.416 e. The molecule has 0 aromatic heterocycles. The zero-order chi connectivity index (χ0) is 29.2. The second-order valence-electron chi connectivity index (χ2n) is 10.9. The van der Waals surface area contributed by atoms with Crippen LogP contribution in [0, 0.1) is 5.41 Å². The standard InChI is InChI=1S/C27H26F6N2O5/c1-14(36)40-13-25(7-2-3-8-25)22(37)24(39)35-19-5-4-6-20(35)23(38)34-12-17-15(10-21(19)34)9-16(26(28,29)30)11-18(17)27(31,32)33/h9-11,19-20H,2-8,12-13H2,1H3. The summed E-state index contributed by atoms with van der Waals surface area (Å²) in [5, 5.41) is 0. The molecule has 2 saturated heterocycles. The van der Waals surface area contributed by atoms with Crippen molar-refractivity contribution in [3.63, 3.8) is 0 Å². The zero-order valence-corrected chi connectivity index (χ0v) is 21.5. The fraction of sp³-hybridized carbons (Fsp3) is 0.556. The van der Waals surface area contributed by atoms with E-state index in [1.54, 1.807) is 0 Å². The lowest BCUT2D eigenvalue weighted by molar-refractivity contribution is -0.164. The lowest BCUT2D eigenvalue weighted by Crippen LogP contribution is -2.66. The second-order valence-corrected chi connectivity index (χ2v) is 10.9. The van der Waals surface area contributed by atoms with Gasteiger partial charge in [-0.25, -0.2) is 0 Å². The number of ether oxygens (including phenoxy) is 1. The number of halogens is 6. The summed E-state index contributed by atoms with van der Waals surface area (Å²) >= 11 is 0. The van der Waals surface area contributed by atoms with Crippen molar-refractivity contribution in [2.45, 2.75) is 82.9 Å². The molecule has 4 aliphatic rings. The van der Waals surface area contributed by atoms with Gasteiger partial charge in [-0.3, -0.25) is 19.2 Å². The number of carbonyl (C=O) groups is 4. The SMILES string of the molecule is CC(=O)OCC1(C(=O)C(=O)N2C3CCCC2C2=Cc4cc(C(F)(F)F)cc(C(F)(F)F)c4CN2C3=O)CCCC1. The highest BCUT2D eigenvalue weighted by Crippen LogP contribution is 2.46. The average Bonchev–Trinajstić information content (AvgIpc) is 3.37. The number of benzene rings is 1. The van der Waals surface area contributed by atoms with Gasteiger partial charge in [-0.2, -0.15) is 26.3 Å². The van der Waals surface area contributed by atoms with Crippen LogP contribution in [-0.2, 0) is 42.8 Å². The Morgan fingerprint density at radius 2 is 1.62 bits per heavy atom. The number of esters is 1. The minimum atomic E-state index is -5.10. The van der Waals surface area contributed by atoms with Crippen molar-refractivity contribution in [2.24, 2.45) is 5.41 Å². The van der Waals surface area contributed by atoms with Gasteiger partial charge in [0.2, 0.25) is 11.7 Å². The van der Waals surface area contributed by atoms with Crippen LogP contribution in [0.2, 0.25) is 0 Å². The highest BCUT2D eigenvalue weighted by Gasteiger charge is 2.54. The molecule has 2 atom stereocenters. The highest BCUT2D eigenvalue weighted by atomic mass is 19.4. The van der Waals surface area contributed by atoms with E-state index in [1.165, 1.54) is 6.92 Å². The first-order chi connectivity index (χ1) is 18.6. The molecule has 1 aliphatic carbocycles. The summed E-state index contributed by atoms with van der Waals surface area (Å²) in [7, 11) is 0. The Hall–Kier alpha value is -3.38. The van der Waals surface area contributed by atoms with Crippen LogP contribution in [0.25, 0.3) is 6.08 Å². The first-order valence-corrected chi connectivity index (χ1v) is 13.0. The molecule has 1 aromatic carbocycles. The van der Waals surface area contributed by atoms with E-state index in [2.05, 4.69) is 0 Å². The Morgan fingerprint density at radius 1 is 0.975 bits per heavy atom. The third kappa shape index (κ3) is 4.66. The van der Waals surface area contributed by atoms with E-state index < -0.39 is 76.7 Å². The number of fused-ring (bicyclic) bond motifs is 5. The molecule has 13 heteroatoms. The van der Waals surface area contributed by atoms with Gasteiger partial charge in [0.05, 0.1) is 29.1 Å². The van der Waals surface area contributed by atoms with Crippen LogP contribution in [0.15, 0.2) is 17.8 Å². The summed E-state index contributed by atoms with van der Waals surface area (Å²) in [5.41, 5.74) is -4.92. The van der Waals surface area contributed by atoms with Gasteiger partial charge in [0, 0.05) is 12.6 Å². The van der Waals surface area contributed by atoms with E-state index in [1.807, 2.05) is 0 Å². The van der Waals surface area contributed by atoms with Crippen molar-refractivity contribution in [3.05, 3.63) is 40.1 Å². The van der Waals surface area contributed by atoms with Crippen LogP contribution >= 0.6 is 0 Å². The Bertz CT molecular complexity index is 1310. The highest BCUT2D eigenvalue weighted by molar-refractivity contribution is 6.38. The minimum absolute atomic E-state index is 0.0472. The minimum Gasteiger partial charge on any atom is -0.465 e. The molecule has 3 aliphatic heterocycles. The summed E-state index contributed by atoms with van der Waals surface area (Å²) in [5.74, 6) is -3.07. The maximum Gasteiger partial charge on any atom is 0.416 e. The lowest BCUT2D eigenvalue weighted by Gasteiger charge is -2.52. The first kappa shape index (κ1) is 28.2. The maximum absolute atomic E-state index is 13.8. The third-order valence-corrected chi connectivity index (χ3v) is 8.39. The summed E-state index contributed by atoms with van der Waals surface area (Å²) in [6.45, 7) is 0.290. The lowest BCUT2D eigenvalue weighted by atomic mass is 9.79. The number of piperidine rings is 1. The zero-order valence-electron chi connectivity index (χ0n) is 21.5. The van der Waals surface area contributed by atoms with Gasteiger partial charge in [-0.1, -0.05) is 12.8 Å². The molecule has 216 valence electrons. The molecular weight excluding hydrogens is 546 g/mol. The third-order valence-electron chi connectivity index (χ3n) is 8.39. The molecule has 7 nitrogen and oxygen atoms in total. The van der Waals surface area contributed by atoms with Gasteiger partial charge < -0.3 is 14.5 Å². The van der Waals surface area contributed by atoms with Gasteiger partial charge in [0.25, 0.3) is 5.91 Å². The molecule has 40 heavy (non-hydrogen) atoms. The van der Waals surface area contributed by atoms with Gasteiger partial charge >= 0.3 is 18.3 Å². The van der Waals surface area contributed by atoms with E-state index in [-0.39, 0.29) is 36.8 Å². The van der Waals surface area contributed by atoms with Crippen molar-refractivity contribution in [1.29, 1.82) is 0 Å². The number of amides is 2. The molecular formula is C27H26F6N2O5. The van der Waals surface area contributed by atoms with Gasteiger partial charge in [0.15, 0.2) is 0 Å². The number of rotatable bonds is 4. The predicted octanol–water partition coefficient (Wildman–Crippen LogP) is 4.86. The Morgan fingerprint density at radius 3 is 2.23 bits per heavy atom. The van der Waals surface area contributed by atoms with Crippen molar-refractivity contribution >= 4 is 29.6 Å². The Kier molecular flexibility index (Phi) is 6.77. The molecule has 2 amide bonds. The fourth-order valence-electron chi connectivity index (χ4n) is 6.45. The van der Waals surface area contributed by atoms with Crippen LogP contribution in [0.1, 0.15) is 74.1 Å². The fourth-order valence-corrected chi connectivity index (χ4v) is 6.45. The monoisotopic (exact) mass is 572 g/mol. The number of hydrogen-bond acceptors (Lipinski definition) is 5. The van der Waals surface area contributed by atoms with Crippen molar-refractivity contribution in [1.82, 2.24) is 9.80 Å². The number of ketones is 1. The molecule has 3 heterocycles.